The van der Waals surface area contributed by atoms with E-state index < -0.39 is 41.2 Å². The van der Waals surface area contributed by atoms with Crippen LogP contribution in [0.5, 0.6) is 0 Å². The van der Waals surface area contributed by atoms with Crippen molar-refractivity contribution in [1.82, 2.24) is 15.5 Å². The number of nitrogens with zero attached hydrogens (tertiary/aromatic N) is 1. The van der Waals surface area contributed by atoms with Gasteiger partial charge in [0.25, 0.3) is 5.91 Å². The lowest BCUT2D eigenvalue weighted by molar-refractivity contribution is -0.152. The van der Waals surface area contributed by atoms with Crippen LogP contribution in [-0.2, 0) is 25.6 Å². The number of hydrogen-bond acceptors (Lipinski definition) is 7. The fourth-order valence-electron chi connectivity index (χ4n) is 4.84. The molecule has 0 bridgehead atoms. The summed E-state index contributed by atoms with van der Waals surface area (Å²) in [5, 5.41) is 14.6. The summed E-state index contributed by atoms with van der Waals surface area (Å²) in [5.74, 6) is -3.99. The van der Waals surface area contributed by atoms with Crippen LogP contribution in [0.3, 0.4) is 0 Å². The van der Waals surface area contributed by atoms with Crippen molar-refractivity contribution >= 4 is 34.9 Å². The van der Waals surface area contributed by atoms with Gasteiger partial charge in [-0.15, -0.1) is 11.3 Å². The van der Waals surface area contributed by atoms with E-state index in [0.29, 0.717) is 29.9 Å². The lowest BCUT2D eigenvalue weighted by Crippen LogP contribution is -2.49. The molecule has 3 heterocycles. The summed E-state index contributed by atoms with van der Waals surface area (Å²) in [4.78, 5) is 41.2. The predicted molar refractivity (Wildman–Crippen MR) is 146 cm³/mol. The normalized spacial score (nSPS) is 17.5. The lowest BCUT2D eigenvalue weighted by Gasteiger charge is -2.24. The third kappa shape index (κ3) is 6.42. The third-order valence-corrected chi connectivity index (χ3v) is 7.81. The monoisotopic (exact) mass is 583 g/mol. The first kappa shape index (κ1) is 28.3. The summed E-state index contributed by atoms with van der Waals surface area (Å²) in [5.41, 5.74) is 7.16. The summed E-state index contributed by atoms with van der Waals surface area (Å²) in [6.07, 6.45) is 0.143. The van der Waals surface area contributed by atoms with Crippen molar-refractivity contribution in [2.45, 2.75) is 24.8 Å². The number of benzene rings is 2. The number of nitrogens with one attached hydrogen (secondary N) is 3. The Morgan fingerprint density at radius 1 is 1.00 bits per heavy atom. The Kier molecular flexibility index (Phi) is 8.10. The number of likely N-dealkylation sites (tertiary alicyclic amines) is 1. The number of amidine groups is 1. The van der Waals surface area contributed by atoms with Gasteiger partial charge in [0.15, 0.2) is 5.79 Å². The first-order valence-corrected chi connectivity index (χ1v) is 13.6. The molecule has 0 radical (unpaired) electrons. The number of halogens is 2. The molecule has 2 aromatic carbocycles. The van der Waals surface area contributed by atoms with Crippen molar-refractivity contribution in [1.29, 1.82) is 5.41 Å². The molecular weight excluding hydrogens is 556 g/mol. The number of nitrogen functional groups attached to an aromatic ring is 1. The summed E-state index contributed by atoms with van der Waals surface area (Å²) in [7, 11) is 0. The zero-order valence-electron chi connectivity index (χ0n) is 21.7. The van der Waals surface area contributed by atoms with Gasteiger partial charge in [-0.05, 0) is 41.5 Å². The smallest absolute Gasteiger partial charge is 0.251 e. The molecule has 1 aromatic heterocycles. The lowest BCUT2D eigenvalue weighted by atomic mass is 10.0. The quantitative estimate of drug-likeness (QED) is 0.237. The molecule has 10 nitrogen and oxygen atoms in total. The molecule has 1 atom stereocenters. The Labute approximate surface area is 237 Å². The second kappa shape index (κ2) is 11.7. The SMILES string of the molecule is N=C(N)c1csc(CNC(=O)C2CC3(CN2C(=O)CNC(=O)c2ccc(-c4cc(F)cc(F)c4)cc2)OCCO3)c1. The minimum Gasteiger partial charge on any atom is -0.384 e. The van der Waals surface area contributed by atoms with Crippen molar-refractivity contribution < 1.29 is 32.6 Å². The summed E-state index contributed by atoms with van der Waals surface area (Å²) in [6, 6.07) is 10.1. The highest BCUT2D eigenvalue weighted by molar-refractivity contribution is 7.10. The van der Waals surface area contributed by atoms with Gasteiger partial charge in [-0.1, -0.05) is 12.1 Å². The maximum atomic E-state index is 13.6. The Hall–Kier alpha value is -4.20. The van der Waals surface area contributed by atoms with E-state index in [0.717, 1.165) is 10.9 Å². The van der Waals surface area contributed by atoms with Gasteiger partial charge in [0.2, 0.25) is 11.8 Å². The molecule has 0 aliphatic carbocycles. The van der Waals surface area contributed by atoms with Crippen molar-refractivity contribution in [3.8, 4) is 11.1 Å². The Balaban J connectivity index is 1.21. The first-order valence-electron chi connectivity index (χ1n) is 12.7. The van der Waals surface area contributed by atoms with Gasteiger partial charge in [0.1, 0.15) is 23.5 Å². The highest BCUT2D eigenvalue weighted by atomic mass is 32.1. The van der Waals surface area contributed by atoms with Crippen LogP contribution >= 0.6 is 11.3 Å². The third-order valence-electron chi connectivity index (χ3n) is 6.87. The molecule has 41 heavy (non-hydrogen) atoms. The van der Waals surface area contributed by atoms with E-state index in [-0.39, 0.29) is 37.5 Å². The van der Waals surface area contributed by atoms with E-state index in [2.05, 4.69) is 10.6 Å². The standard InChI is InChI=1S/C28H27F2N5O5S/c29-20-7-18(8-21(30)10-20)16-1-3-17(4-2-16)26(37)34-13-24(36)35-15-28(39-5-6-40-28)11-23(35)27(38)33-12-22-9-19(14-41-22)25(31)32/h1-4,7-10,14,23H,5-6,11-13,15H2,(H3,31,32)(H,33,38)(H,34,37). The summed E-state index contributed by atoms with van der Waals surface area (Å²) >= 11 is 1.35. The maximum Gasteiger partial charge on any atom is 0.251 e. The molecule has 0 saturated carbocycles. The number of thiophene rings is 1. The Morgan fingerprint density at radius 2 is 1.68 bits per heavy atom. The number of carbonyl (C=O) groups excluding carboxylic acids is 3. The van der Waals surface area contributed by atoms with Crippen LogP contribution in [0.15, 0.2) is 53.9 Å². The van der Waals surface area contributed by atoms with Gasteiger partial charge in [0.05, 0.1) is 32.8 Å². The molecule has 5 rings (SSSR count). The molecule has 2 saturated heterocycles. The van der Waals surface area contributed by atoms with Gasteiger partial charge < -0.3 is 30.7 Å². The number of rotatable bonds is 8. The zero-order chi connectivity index (χ0) is 29.1. The molecule has 2 aliphatic rings. The topological polar surface area (TPSA) is 147 Å². The van der Waals surface area contributed by atoms with Crippen molar-refractivity contribution in [3.63, 3.8) is 0 Å². The summed E-state index contributed by atoms with van der Waals surface area (Å²) < 4.78 is 38.6. The van der Waals surface area contributed by atoms with E-state index in [1.807, 2.05) is 0 Å². The van der Waals surface area contributed by atoms with Crippen molar-refractivity contribution in [2.24, 2.45) is 5.73 Å². The Morgan fingerprint density at radius 3 is 2.32 bits per heavy atom. The molecular formula is C28H27F2N5O5S. The predicted octanol–water partition coefficient (Wildman–Crippen LogP) is 2.37. The molecule has 1 unspecified atom stereocenters. The van der Waals surface area contributed by atoms with Gasteiger partial charge >= 0.3 is 0 Å². The van der Waals surface area contributed by atoms with Gasteiger partial charge in [-0.25, -0.2) is 8.78 Å². The maximum absolute atomic E-state index is 13.6. The van der Waals surface area contributed by atoms with Crippen molar-refractivity contribution in [3.05, 3.63) is 81.5 Å². The van der Waals surface area contributed by atoms with Crippen molar-refractivity contribution in [2.75, 3.05) is 26.3 Å². The largest absolute Gasteiger partial charge is 0.384 e. The van der Waals surface area contributed by atoms with E-state index in [9.17, 15) is 23.2 Å². The van der Waals surface area contributed by atoms with Gasteiger partial charge in [-0.2, -0.15) is 0 Å². The van der Waals surface area contributed by atoms with E-state index in [1.54, 1.807) is 23.6 Å². The van der Waals surface area contributed by atoms with Gasteiger partial charge in [-0.3, -0.25) is 19.8 Å². The average Bonchev–Trinajstić information content (AvgIpc) is 3.70. The number of amides is 3. The molecule has 2 aliphatic heterocycles. The van der Waals surface area contributed by atoms with E-state index in [4.69, 9.17) is 20.6 Å². The van der Waals surface area contributed by atoms with E-state index >= 15 is 0 Å². The molecule has 214 valence electrons. The average molecular weight is 584 g/mol. The van der Waals surface area contributed by atoms with Gasteiger partial charge in [0, 0.05) is 33.9 Å². The fourth-order valence-corrected chi connectivity index (χ4v) is 5.67. The van der Waals surface area contributed by atoms with Crippen LogP contribution in [0.2, 0.25) is 0 Å². The molecule has 1 spiro atoms. The summed E-state index contributed by atoms with van der Waals surface area (Å²) in [6.45, 7) is 0.538. The number of carbonyl (C=O) groups is 3. The highest BCUT2D eigenvalue weighted by Gasteiger charge is 2.52. The molecule has 13 heteroatoms. The minimum absolute atomic E-state index is 0.0339. The minimum atomic E-state index is -1.08. The molecule has 3 amide bonds. The van der Waals surface area contributed by atoms with E-state index in [1.165, 1.54) is 40.5 Å². The molecule has 3 aromatic rings. The number of nitrogens with two attached hydrogens (primary N) is 1. The second-order valence-electron chi connectivity index (χ2n) is 9.70. The van der Waals surface area contributed by atoms with Crippen LogP contribution in [0.1, 0.15) is 27.2 Å². The van der Waals surface area contributed by atoms with Crippen LogP contribution in [-0.4, -0.2) is 66.6 Å². The highest BCUT2D eigenvalue weighted by Crippen LogP contribution is 2.35. The second-order valence-corrected chi connectivity index (χ2v) is 10.7. The zero-order valence-corrected chi connectivity index (χ0v) is 22.6. The fraction of sp³-hybridized carbons (Fsp3) is 0.286. The number of hydrogen-bond donors (Lipinski definition) is 4. The number of ether oxygens (including phenoxy) is 2. The Bertz CT molecular complexity index is 1470. The molecule has 2 fully saturated rings. The first-order chi connectivity index (χ1) is 19.6. The molecule has 5 N–H and O–H groups in total. The van der Waals surface area contributed by atoms with Crippen LogP contribution in [0, 0.1) is 17.0 Å². The van der Waals surface area contributed by atoms with Crippen LogP contribution < -0.4 is 16.4 Å². The van der Waals surface area contributed by atoms with Crippen LogP contribution in [0.25, 0.3) is 11.1 Å². The van der Waals surface area contributed by atoms with Crippen LogP contribution in [0.4, 0.5) is 8.78 Å².